The van der Waals surface area contributed by atoms with Gasteiger partial charge in [-0.25, -0.2) is 20.3 Å². The van der Waals surface area contributed by atoms with Gasteiger partial charge in [-0.3, -0.25) is 19.6 Å². The summed E-state index contributed by atoms with van der Waals surface area (Å²) >= 11 is 6.21. The minimum atomic E-state index is -0.715. The summed E-state index contributed by atoms with van der Waals surface area (Å²) in [6.07, 6.45) is 3.42. The van der Waals surface area contributed by atoms with E-state index < -0.39 is 17.6 Å². The molecule has 1 aromatic heterocycles. The molecule has 33 heavy (non-hydrogen) atoms. The van der Waals surface area contributed by atoms with Gasteiger partial charge in [0.25, 0.3) is 5.91 Å². The zero-order valence-electron chi connectivity index (χ0n) is 17.8. The van der Waals surface area contributed by atoms with Gasteiger partial charge in [0.15, 0.2) is 5.82 Å². The van der Waals surface area contributed by atoms with Crippen molar-refractivity contribution < 1.29 is 24.0 Å². The van der Waals surface area contributed by atoms with Crippen LogP contribution >= 0.6 is 11.6 Å². The summed E-state index contributed by atoms with van der Waals surface area (Å²) in [5.74, 6) is -1.84. The van der Waals surface area contributed by atoms with E-state index in [1.54, 1.807) is 29.2 Å². The average molecular weight is 474 g/mol. The van der Waals surface area contributed by atoms with Crippen molar-refractivity contribution in [2.24, 2.45) is 7.05 Å². The number of imidazole rings is 1. The number of hydrogen-bond donors (Lipinski definition) is 4. The Bertz CT molecular complexity index is 1170. The highest BCUT2D eigenvalue weighted by molar-refractivity contribution is 6.37. The lowest BCUT2D eigenvalue weighted by atomic mass is 9.96. The van der Waals surface area contributed by atoms with Crippen molar-refractivity contribution in [2.45, 2.75) is 25.7 Å². The van der Waals surface area contributed by atoms with Crippen molar-refractivity contribution in [3.05, 3.63) is 47.0 Å². The molecule has 12 heteroatoms. The van der Waals surface area contributed by atoms with E-state index in [0.29, 0.717) is 35.9 Å². The van der Waals surface area contributed by atoms with Gasteiger partial charge in [0.1, 0.15) is 13.4 Å². The summed E-state index contributed by atoms with van der Waals surface area (Å²) in [6, 6.07) is 6.19. The lowest BCUT2D eigenvalue weighted by Gasteiger charge is -2.15. The number of nitrogens with zero attached hydrogens (tertiary/aromatic N) is 2. The predicted octanol–water partition coefficient (Wildman–Crippen LogP) is 2.63. The first-order chi connectivity index (χ1) is 15.8. The van der Waals surface area contributed by atoms with Crippen LogP contribution in [0.25, 0.3) is 11.0 Å². The summed E-state index contributed by atoms with van der Waals surface area (Å²) in [5, 5.41) is 11.6. The molecule has 3 rings (SSSR count). The van der Waals surface area contributed by atoms with Gasteiger partial charge in [0.2, 0.25) is 5.91 Å². The Labute approximate surface area is 195 Å². The van der Waals surface area contributed by atoms with Crippen LogP contribution in [0.3, 0.4) is 0 Å². The number of fused-ring (bicyclic) bond motifs is 1. The minimum absolute atomic E-state index is 0.00360. The molecular weight excluding hydrogens is 452 g/mol. The number of benzene rings is 2. The molecule has 0 aliphatic heterocycles. The molecule has 0 bridgehead atoms. The number of aryl methyl sites for hydroxylation is 1. The smallest absolute Gasteiger partial charge is 0.277 e. The summed E-state index contributed by atoms with van der Waals surface area (Å²) < 4.78 is 16.9. The monoisotopic (exact) mass is 473 g/mol. The third-order valence-corrected chi connectivity index (χ3v) is 5.21. The molecule has 3 aromatic rings. The highest BCUT2D eigenvalue weighted by Gasteiger charge is 2.22. The van der Waals surface area contributed by atoms with Crippen molar-refractivity contribution >= 4 is 59.1 Å². The van der Waals surface area contributed by atoms with Gasteiger partial charge >= 0.3 is 0 Å². The van der Waals surface area contributed by atoms with Gasteiger partial charge in [0, 0.05) is 13.5 Å². The molecule has 0 saturated heterocycles. The third-order valence-electron chi connectivity index (χ3n) is 4.90. The van der Waals surface area contributed by atoms with Crippen LogP contribution in [-0.4, -0.2) is 41.0 Å². The van der Waals surface area contributed by atoms with E-state index in [-0.39, 0.29) is 34.8 Å². The van der Waals surface area contributed by atoms with Crippen LogP contribution in [-0.2, 0) is 16.7 Å². The van der Waals surface area contributed by atoms with Crippen molar-refractivity contribution in [1.82, 2.24) is 20.5 Å². The maximum atomic E-state index is 15.3. The fourth-order valence-electron chi connectivity index (χ4n) is 3.16. The molecule has 4 N–H and O–H groups in total. The molecule has 0 aliphatic rings. The molecule has 0 atom stereocenters. The number of unbranched alkanes of at least 4 members (excludes halogenated alkanes) is 2. The normalized spacial score (nSPS) is 10.9. The van der Waals surface area contributed by atoms with E-state index in [9.17, 15) is 9.59 Å². The molecule has 1 heterocycles. The molecule has 2 aromatic carbocycles. The molecule has 2 amide bonds. The Balaban J connectivity index is 1.75. The fraction of sp³-hybridized carbons (Fsp3) is 0.286. The van der Waals surface area contributed by atoms with Gasteiger partial charge in [-0.05, 0) is 31.0 Å². The van der Waals surface area contributed by atoms with Crippen molar-refractivity contribution in [3.8, 4) is 0 Å². The molecule has 0 unspecified atom stereocenters. The molecule has 0 fully saturated rings. The van der Waals surface area contributed by atoms with Gasteiger partial charge in [-0.2, -0.15) is 0 Å². The lowest BCUT2D eigenvalue weighted by molar-refractivity contribution is -0.129. The maximum Gasteiger partial charge on any atom is 0.277 e. The summed E-state index contributed by atoms with van der Waals surface area (Å²) in [4.78, 5) is 33.1. The molecular formula is C21H22BClFN5O4. The number of rotatable bonds is 10. The number of anilines is 2. The molecule has 0 spiro atoms. The molecule has 2 radical (unpaired) electrons. The quantitative estimate of drug-likeness (QED) is 0.156. The van der Waals surface area contributed by atoms with E-state index in [2.05, 4.69) is 15.8 Å². The van der Waals surface area contributed by atoms with E-state index in [1.165, 1.54) is 18.5 Å². The van der Waals surface area contributed by atoms with Gasteiger partial charge in [0.05, 0.1) is 40.4 Å². The number of hydroxylamine groups is 2. The summed E-state index contributed by atoms with van der Waals surface area (Å²) in [6.45, 7) is 0.190. The second-order valence-corrected chi connectivity index (χ2v) is 7.73. The Morgan fingerprint density at radius 3 is 2.79 bits per heavy atom. The number of halogens is 2. The van der Waals surface area contributed by atoms with E-state index in [0.717, 1.165) is 0 Å². The fourth-order valence-corrected chi connectivity index (χ4v) is 3.39. The Morgan fingerprint density at radius 2 is 2.06 bits per heavy atom. The van der Waals surface area contributed by atoms with Crippen LogP contribution in [0, 0.1) is 5.82 Å². The molecule has 0 aliphatic carbocycles. The van der Waals surface area contributed by atoms with E-state index in [4.69, 9.17) is 29.5 Å². The van der Waals surface area contributed by atoms with Gasteiger partial charge < -0.3 is 9.88 Å². The number of aromatic nitrogens is 2. The van der Waals surface area contributed by atoms with Gasteiger partial charge in [-0.15, -0.1) is 0 Å². The van der Waals surface area contributed by atoms with Crippen LogP contribution in [0.5, 0.6) is 0 Å². The zero-order valence-corrected chi connectivity index (χ0v) is 18.6. The van der Waals surface area contributed by atoms with Gasteiger partial charge in [-0.1, -0.05) is 29.6 Å². The van der Waals surface area contributed by atoms with Crippen LogP contribution in [0.15, 0.2) is 30.6 Å². The third kappa shape index (κ3) is 6.01. The second kappa shape index (κ2) is 11.1. The van der Waals surface area contributed by atoms with Crippen LogP contribution < -0.4 is 21.7 Å². The highest BCUT2D eigenvalue weighted by atomic mass is 35.5. The van der Waals surface area contributed by atoms with E-state index in [1.807, 2.05) is 0 Å². The molecule has 9 nitrogen and oxygen atoms in total. The Morgan fingerprint density at radius 1 is 1.27 bits per heavy atom. The molecule has 0 saturated carbocycles. The first-order valence-corrected chi connectivity index (χ1v) is 10.5. The Kier molecular flexibility index (Phi) is 8.26. The van der Waals surface area contributed by atoms with E-state index >= 15 is 4.39 Å². The lowest BCUT2D eigenvalue weighted by Crippen LogP contribution is -2.25. The predicted molar refractivity (Wildman–Crippen MR) is 123 cm³/mol. The minimum Gasteiger partial charge on any atom is -0.351 e. The van der Waals surface area contributed by atoms with Crippen LogP contribution in [0.1, 0.15) is 36.0 Å². The van der Waals surface area contributed by atoms with Crippen LogP contribution in [0.4, 0.5) is 15.8 Å². The largest absolute Gasteiger partial charge is 0.351 e. The first kappa shape index (κ1) is 24.5. The number of carbonyl (C=O) groups excluding carboxylic acids is 2. The summed E-state index contributed by atoms with van der Waals surface area (Å²) in [5.41, 5.74) is 5.09. The van der Waals surface area contributed by atoms with Crippen LogP contribution in [0.2, 0.25) is 5.02 Å². The SMILES string of the molecule is [B]c1ccc(Nc2c(C(=O)NOCCCCCC(=O)NO)cc3c(ncn3C)c2F)c(Cl)c1. The maximum absolute atomic E-state index is 15.3. The second-order valence-electron chi connectivity index (χ2n) is 7.33. The number of nitrogens with one attached hydrogen (secondary N) is 3. The zero-order chi connectivity index (χ0) is 24.0. The topological polar surface area (TPSA) is 118 Å². The van der Waals surface area contributed by atoms with Crippen molar-refractivity contribution in [2.75, 3.05) is 11.9 Å². The summed E-state index contributed by atoms with van der Waals surface area (Å²) in [7, 11) is 7.40. The number of hydrogen-bond acceptors (Lipinski definition) is 6. The van der Waals surface area contributed by atoms with Crippen molar-refractivity contribution in [3.63, 3.8) is 0 Å². The molecule has 172 valence electrons. The Hall–Kier alpha value is -3.15. The average Bonchev–Trinajstić information content (AvgIpc) is 3.16. The number of carbonyl (C=O) groups is 2. The first-order valence-electron chi connectivity index (χ1n) is 10.1. The number of amides is 2. The highest BCUT2D eigenvalue weighted by Crippen LogP contribution is 2.32. The van der Waals surface area contributed by atoms with Crippen molar-refractivity contribution in [1.29, 1.82) is 0 Å². The standard InChI is InChI=1S/C21H22BClFN5O4/c1-29-11-25-20-16(29)10-13(21(31)28-33-8-4-2-3-5-17(30)27-32)19(18(20)24)26-15-7-6-12(22)9-14(15)23/h6-7,9-11,26,32H,2-5,8H2,1H3,(H,27,30)(H,28,31).